The number of aliphatic carboxylic acids is 1. The summed E-state index contributed by atoms with van der Waals surface area (Å²) in [5.41, 5.74) is 2.62. The van der Waals surface area contributed by atoms with E-state index in [4.69, 9.17) is 9.15 Å². The first-order valence-electron chi connectivity index (χ1n) is 6.48. The van der Waals surface area contributed by atoms with Crippen LogP contribution in [0.1, 0.15) is 23.1 Å². The van der Waals surface area contributed by atoms with Gasteiger partial charge in [0, 0.05) is 16.5 Å². The minimum absolute atomic E-state index is 0.301. The predicted molar refractivity (Wildman–Crippen MR) is 69.7 cm³/mol. The fourth-order valence-electron chi connectivity index (χ4n) is 2.76. The smallest absolute Gasteiger partial charge is 0.339 e. The van der Waals surface area contributed by atoms with Gasteiger partial charge in [-0.25, -0.2) is 4.79 Å². The van der Waals surface area contributed by atoms with Gasteiger partial charge in [0.1, 0.15) is 17.9 Å². The first-order valence-corrected chi connectivity index (χ1v) is 6.48. The van der Waals surface area contributed by atoms with Crippen molar-refractivity contribution >= 4 is 16.9 Å². The molecule has 5 nitrogen and oxygen atoms in total. The number of carbonyl (C=O) groups is 1. The van der Waals surface area contributed by atoms with Crippen molar-refractivity contribution < 1.29 is 19.1 Å². The SMILES string of the molecule is Cc1c(OCC(=O)[O-])ccc2c3c(c(=O)oc12)CCC3. The topological polar surface area (TPSA) is 79.6 Å². The van der Waals surface area contributed by atoms with E-state index in [1.807, 2.05) is 6.07 Å². The normalized spacial score (nSPS) is 13.4. The Balaban J connectivity index is 2.16. The second-order valence-corrected chi connectivity index (χ2v) is 4.93. The lowest BCUT2D eigenvalue weighted by molar-refractivity contribution is -0.307. The summed E-state index contributed by atoms with van der Waals surface area (Å²) >= 11 is 0. The van der Waals surface area contributed by atoms with Crippen LogP contribution in [0.15, 0.2) is 21.3 Å². The van der Waals surface area contributed by atoms with Crippen LogP contribution in [0.25, 0.3) is 11.0 Å². The first kappa shape index (κ1) is 12.7. The minimum Gasteiger partial charge on any atom is -0.546 e. The molecular weight excluding hydrogens is 260 g/mol. The van der Waals surface area contributed by atoms with Crippen LogP contribution >= 0.6 is 0 Å². The zero-order valence-electron chi connectivity index (χ0n) is 11.0. The highest BCUT2D eigenvalue weighted by Crippen LogP contribution is 2.32. The van der Waals surface area contributed by atoms with E-state index in [9.17, 15) is 14.7 Å². The third-order valence-electron chi connectivity index (χ3n) is 3.69. The molecule has 0 fully saturated rings. The molecule has 0 saturated carbocycles. The summed E-state index contributed by atoms with van der Waals surface area (Å²) in [6, 6.07) is 3.53. The zero-order chi connectivity index (χ0) is 14.3. The molecule has 0 amide bonds. The molecule has 1 aliphatic rings. The van der Waals surface area contributed by atoms with E-state index in [0.29, 0.717) is 16.9 Å². The summed E-state index contributed by atoms with van der Waals surface area (Å²) in [6.07, 6.45) is 2.59. The van der Waals surface area contributed by atoms with Crippen molar-refractivity contribution in [2.24, 2.45) is 0 Å². The molecule has 0 N–H and O–H groups in total. The Hall–Kier alpha value is -2.30. The maximum absolute atomic E-state index is 11.9. The van der Waals surface area contributed by atoms with Gasteiger partial charge < -0.3 is 19.1 Å². The number of carboxylic acid groups (broad SMARTS) is 1. The molecule has 0 atom stereocenters. The summed E-state index contributed by atoms with van der Waals surface area (Å²) in [5, 5.41) is 11.4. The van der Waals surface area contributed by atoms with Crippen LogP contribution in [-0.2, 0) is 17.6 Å². The summed E-state index contributed by atoms with van der Waals surface area (Å²) < 4.78 is 10.5. The molecule has 3 rings (SSSR count). The number of aryl methyl sites for hydroxylation is 2. The number of carboxylic acids is 1. The Labute approximate surface area is 114 Å². The maximum atomic E-state index is 11.9. The number of ether oxygens (including phenoxy) is 1. The van der Waals surface area contributed by atoms with Gasteiger partial charge in [-0.15, -0.1) is 0 Å². The summed E-state index contributed by atoms with van der Waals surface area (Å²) in [6.45, 7) is 1.22. The maximum Gasteiger partial charge on any atom is 0.339 e. The molecule has 2 aromatic rings. The fourth-order valence-corrected chi connectivity index (χ4v) is 2.76. The second kappa shape index (κ2) is 4.67. The molecule has 104 valence electrons. The zero-order valence-corrected chi connectivity index (χ0v) is 11.0. The number of fused-ring (bicyclic) bond motifs is 3. The molecule has 1 aromatic heterocycles. The van der Waals surface area contributed by atoms with Crippen LogP contribution < -0.4 is 15.5 Å². The van der Waals surface area contributed by atoms with E-state index >= 15 is 0 Å². The standard InChI is InChI=1S/C15H14O5/c1-8-12(19-7-13(16)17)6-5-10-9-3-2-4-11(9)15(18)20-14(8)10/h5-6H,2-4,7H2,1H3,(H,16,17)/p-1. The van der Waals surface area contributed by atoms with Gasteiger partial charge in [0.05, 0.1) is 5.97 Å². The van der Waals surface area contributed by atoms with Gasteiger partial charge in [0.15, 0.2) is 0 Å². The van der Waals surface area contributed by atoms with Crippen LogP contribution in [0, 0.1) is 6.92 Å². The highest BCUT2D eigenvalue weighted by molar-refractivity contribution is 5.86. The number of hydrogen-bond acceptors (Lipinski definition) is 5. The molecule has 1 heterocycles. The number of carbonyl (C=O) groups excluding carboxylic acids is 1. The van der Waals surface area contributed by atoms with Crippen LogP contribution in [0.5, 0.6) is 5.75 Å². The predicted octanol–water partition coefficient (Wildman–Crippen LogP) is 0.719. The van der Waals surface area contributed by atoms with Crippen molar-refractivity contribution in [2.75, 3.05) is 6.61 Å². The van der Waals surface area contributed by atoms with E-state index in [2.05, 4.69) is 0 Å². The molecular formula is C15H13O5-. The van der Waals surface area contributed by atoms with Gasteiger partial charge in [-0.2, -0.15) is 0 Å². The van der Waals surface area contributed by atoms with Crippen LogP contribution in [0.3, 0.4) is 0 Å². The minimum atomic E-state index is -1.29. The van der Waals surface area contributed by atoms with Crippen molar-refractivity contribution in [3.05, 3.63) is 39.2 Å². The molecule has 0 saturated heterocycles. The molecule has 1 aromatic carbocycles. The van der Waals surface area contributed by atoms with Crippen molar-refractivity contribution in [1.29, 1.82) is 0 Å². The number of hydrogen-bond donors (Lipinski definition) is 0. The van der Waals surface area contributed by atoms with Crippen molar-refractivity contribution in [2.45, 2.75) is 26.2 Å². The highest BCUT2D eigenvalue weighted by atomic mass is 16.5. The Morgan fingerprint density at radius 3 is 2.85 bits per heavy atom. The monoisotopic (exact) mass is 273 g/mol. The highest BCUT2D eigenvalue weighted by Gasteiger charge is 2.21. The van der Waals surface area contributed by atoms with Gasteiger partial charge in [-0.1, -0.05) is 0 Å². The Kier molecular flexibility index (Phi) is 2.97. The van der Waals surface area contributed by atoms with E-state index in [0.717, 1.165) is 35.8 Å². The molecule has 5 heteroatoms. The lowest BCUT2D eigenvalue weighted by Gasteiger charge is -2.12. The van der Waals surface area contributed by atoms with Crippen LogP contribution in [0.2, 0.25) is 0 Å². The van der Waals surface area contributed by atoms with Crippen molar-refractivity contribution in [3.8, 4) is 5.75 Å². The molecule has 0 radical (unpaired) electrons. The summed E-state index contributed by atoms with van der Waals surface area (Å²) in [5.74, 6) is -0.900. The van der Waals surface area contributed by atoms with Crippen LogP contribution in [-0.4, -0.2) is 12.6 Å². The fraction of sp³-hybridized carbons (Fsp3) is 0.333. The van der Waals surface area contributed by atoms with E-state index in [1.165, 1.54) is 0 Å². The lowest BCUT2D eigenvalue weighted by Crippen LogP contribution is -2.29. The lowest BCUT2D eigenvalue weighted by atomic mass is 10.0. The average Bonchev–Trinajstić information content (AvgIpc) is 2.89. The molecule has 0 unspecified atom stereocenters. The Bertz CT molecular complexity index is 757. The quantitative estimate of drug-likeness (QED) is 0.770. The first-order chi connectivity index (χ1) is 9.58. The third-order valence-corrected chi connectivity index (χ3v) is 3.69. The summed E-state index contributed by atoms with van der Waals surface area (Å²) in [4.78, 5) is 22.4. The second-order valence-electron chi connectivity index (χ2n) is 4.93. The molecule has 1 aliphatic carbocycles. The van der Waals surface area contributed by atoms with E-state index in [-0.39, 0.29) is 5.63 Å². The molecule has 0 spiro atoms. The number of benzene rings is 1. The Morgan fingerprint density at radius 1 is 1.35 bits per heavy atom. The summed E-state index contributed by atoms with van der Waals surface area (Å²) in [7, 11) is 0. The van der Waals surface area contributed by atoms with Crippen molar-refractivity contribution in [1.82, 2.24) is 0 Å². The Morgan fingerprint density at radius 2 is 2.10 bits per heavy atom. The van der Waals surface area contributed by atoms with Gasteiger partial charge in [-0.05, 0) is 43.9 Å². The van der Waals surface area contributed by atoms with Gasteiger partial charge in [0.2, 0.25) is 0 Å². The average molecular weight is 273 g/mol. The largest absolute Gasteiger partial charge is 0.546 e. The van der Waals surface area contributed by atoms with Crippen molar-refractivity contribution in [3.63, 3.8) is 0 Å². The third kappa shape index (κ3) is 1.95. The molecule has 0 aliphatic heterocycles. The number of rotatable bonds is 3. The van der Waals surface area contributed by atoms with Gasteiger partial charge in [0.25, 0.3) is 0 Å². The molecule has 0 bridgehead atoms. The van der Waals surface area contributed by atoms with E-state index in [1.54, 1.807) is 13.0 Å². The van der Waals surface area contributed by atoms with Crippen LogP contribution in [0.4, 0.5) is 0 Å². The van der Waals surface area contributed by atoms with Gasteiger partial charge in [-0.3, -0.25) is 0 Å². The van der Waals surface area contributed by atoms with E-state index < -0.39 is 12.6 Å². The van der Waals surface area contributed by atoms with Gasteiger partial charge >= 0.3 is 5.63 Å². The molecule has 20 heavy (non-hydrogen) atoms.